The van der Waals surface area contributed by atoms with Crippen LogP contribution in [0.3, 0.4) is 0 Å². The number of nitro benzene ring substituents is 3. The first kappa shape index (κ1) is 28.6. The molecule has 0 bridgehead atoms. The fourth-order valence-electron chi connectivity index (χ4n) is 5.62. The highest BCUT2D eigenvalue weighted by molar-refractivity contribution is 6.99. The molecule has 40 heavy (non-hydrogen) atoms. The van der Waals surface area contributed by atoms with Gasteiger partial charge in [0.2, 0.25) is 6.71 Å². The van der Waals surface area contributed by atoms with Crippen LogP contribution in [0.25, 0.3) is 5.47 Å². The molecule has 3 aromatic carbocycles. The highest BCUT2D eigenvalue weighted by atomic mass is 16.6. The van der Waals surface area contributed by atoms with E-state index in [1.165, 1.54) is 42.0 Å². The van der Waals surface area contributed by atoms with E-state index in [0.717, 1.165) is 54.1 Å². The molecule has 1 aliphatic carbocycles. The van der Waals surface area contributed by atoms with Gasteiger partial charge in [0.15, 0.2) is 0 Å². The third-order valence-electron chi connectivity index (χ3n) is 7.57. The molecular weight excluding hydrogens is 513 g/mol. The number of benzene rings is 3. The van der Waals surface area contributed by atoms with Crippen molar-refractivity contribution in [1.82, 2.24) is 0 Å². The molecule has 11 heteroatoms. The molecule has 1 fully saturated rings. The summed E-state index contributed by atoms with van der Waals surface area (Å²) in [6.45, 7) is 0.0482. The quantitative estimate of drug-likeness (QED) is 0.174. The molecule has 1 saturated carbocycles. The number of hydrogen-bond donors (Lipinski definition) is 0. The minimum atomic E-state index is -0.455. The maximum Gasteiger partial charge on any atom is 0.269 e. The van der Waals surface area contributed by atoms with Gasteiger partial charge in [0.05, 0.1) is 14.8 Å². The Bertz CT molecular complexity index is 1330. The molecule has 1 aliphatic rings. The number of rotatable bonds is 11. The Morgan fingerprint density at radius 1 is 0.725 bits per heavy atom. The predicted octanol–water partition coefficient (Wildman–Crippen LogP) is 5.63. The van der Waals surface area contributed by atoms with Gasteiger partial charge in [-0.25, -0.2) is 0 Å². The van der Waals surface area contributed by atoms with Crippen LogP contribution < -0.4 is 10.9 Å². The monoisotopic (exact) mass is 543 g/mol. The van der Waals surface area contributed by atoms with Gasteiger partial charge in [-0.2, -0.15) is 0 Å². The SMILES string of the molecule is COCC/C(=C(\B(c1ccc([N+](=O)[O-])cc1)c1ccc([N+](=O)[O-])cc1)c1ccc([N+](=O)[O-])cc1)C1CCCCC1. The Hall–Kier alpha value is -4.38. The van der Waals surface area contributed by atoms with Crippen LogP contribution in [0.2, 0.25) is 0 Å². The molecule has 0 heterocycles. The molecule has 10 nitrogen and oxygen atoms in total. The molecule has 0 N–H and O–H groups in total. The van der Waals surface area contributed by atoms with Crippen molar-refractivity contribution in [3.63, 3.8) is 0 Å². The van der Waals surface area contributed by atoms with E-state index in [2.05, 4.69) is 0 Å². The van der Waals surface area contributed by atoms with Crippen LogP contribution in [0.15, 0.2) is 78.4 Å². The smallest absolute Gasteiger partial charge is 0.269 e. The minimum absolute atomic E-state index is 0.0265. The van der Waals surface area contributed by atoms with Crippen LogP contribution in [0.1, 0.15) is 44.1 Å². The summed E-state index contributed by atoms with van der Waals surface area (Å²) in [5.41, 5.74) is 4.36. The van der Waals surface area contributed by atoms with Crippen molar-refractivity contribution < 1.29 is 19.5 Å². The second-order valence-corrected chi connectivity index (χ2v) is 9.95. The fourth-order valence-corrected chi connectivity index (χ4v) is 5.62. The van der Waals surface area contributed by atoms with Crippen LogP contribution in [0, 0.1) is 36.3 Å². The summed E-state index contributed by atoms with van der Waals surface area (Å²) in [5.74, 6) is 0.271. The van der Waals surface area contributed by atoms with E-state index in [9.17, 15) is 30.3 Å². The minimum Gasteiger partial charge on any atom is -0.384 e. The Balaban J connectivity index is 2.00. The zero-order valence-corrected chi connectivity index (χ0v) is 22.2. The van der Waals surface area contributed by atoms with E-state index in [-0.39, 0.29) is 23.0 Å². The van der Waals surface area contributed by atoms with E-state index in [4.69, 9.17) is 4.74 Å². The highest BCUT2D eigenvalue weighted by Gasteiger charge is 2.32. The Morgan fingerprint density at radius 2 is 1.15 bits per heavy atom. The van der Waals surface area contributed by atoms with Crippen molar-refractivity contribution in [1.29, 1.82) is 0 Å². The molecular formula is C29H30BN3O7. The van der Waals surface area contributed by atoms with E-state index in [1.807, 2.05) is 0 Å². The number of hydrogen-bond acceptors (Lipinski definition) is 7. The van der Waals surface area contributed by atoms with Gasteiger partial charge in [0.1, 0.15) is 0 Å². The van der Waals surface area contributed by atoms with Gasteiger partial charge in [0.25, 0.3) is 17.1 Å². The van der Waals surface area contributed by atoms with Crippen molar-refractivity contribution >= 4 is 40.2 Å². The summed E-state index contributed by atoms with van der Waals surface area (Å²) in [5, 5.41) is 34.2. The molecule has 0 atom stereocenters. The number of nitro groups is 3. The average Bonchev–Trinajstić information content (AvgIpc) is 2.97. The zero-order valence-electron chi connectivity index (χ0n) is 22.2. The van der Waals surface area contributed by atoms with Gasteiger partial charge < -0.3 is 4.74 Å². The first-order chi connectivity index (χ1) is 19.3. The first-order valence-corrected chi connectivity index (χ1v) is 13.3. The van der Waals surface area contributed by atoms with Crippen LogP contribution in [0.5, 0.6) is 0 Å². The molecule has 206 valence electrons. The number of ether oxygens (including phenoxy) is 1. The lowest BCUT2D eigenvalue weighted by Gasteiger charge is -2.31. The lowest BCUT2D eigenvalue weighted by atomic mass is 9.34. The third kappa shape index (κ3) is 6.60. The maximum absolute atomic E-state index is 11.4. The topological polar surface area (TPSA) is 139 Å². The lowest BCUT2D eigenvalue weighted by Crippen LogP contribution is -2.44. The van der Waals surface area contributed by atoms with Gasteiger partial charge in [-0.15, -0.1) is 0 Å². The molecule has 0 amide bonds. The first-order valence-electron chi connectivity index (χ1n) is 13.3. The number of non-ortho nitro benzene ring substituents is 3. The summed E-state index contributed by atoms with van der Waals surface area (Å²) < 4.78 is 5.50. The Kier molecular flexibility index (Phi) is 9.39. The second-order valence-electron chi connectivity index (χ2n) is 9.95. The van der Waals surface area contributed by atoms with Crippen molar-refractivity contribution in [3.8, 4) is 0 Å². The van der Waals surface area contributed by atoms with Crippen LogP contribution >= 0.6 is 0 Å². The zero-order chi connectivity index (χ0) is 28.6. The normalized spacial score (nSPS) is 14.3. The molecule has 0 spiro atoms. The van der Waals surface area contributed by atoms with Crippen LogP contribution in [0.4, 0.5) is 17.1 Å². The van der Waals surface area contributed by atoms with E-state index >= 15 is 0 Å². The standard InChI is InChI=1S/C29H30BN3O7/c1-40-20-19-28(21-5-3-2-4-6-21)29(22-7-13-25(14-8-22)31(34)35)30(23-9-15-26(16-10-23)32(36)37)24-11-17-27(18-12-24)33(38)39/h7-18,21H,2-6,19-20H2,1H3/b29-28+. The van der Waals surface area contributed by atoms with Crippen molar-refractivity contribution in [2.45, 2.75) is 38.5 Å². The molecule has 0 aliphatic heterocycles. The predicted molar refractivity (Wildman–Crippen MR) is 154 cm³/mol. The molecule has 4 rings (SSSR count). The third-order valence-corrected chi connectivity index (χ3v) is 7.57. The lowest BCUT2D eigenvalue weighted by molar-refractivity contribution is -0.385. The summed E-state index contributed by atoms with van der Waals surface area (Å²) in [4.78, 5) is 32.9. The van der Waals surface area contributed by atoms with Gasteiger partial charge >= 0.3 is 0 Å². The van der Waals surface area contributed by atoms with Crippen molar-refractivity contribution in [3.05, 3.63) is 114 Å². The summed E-state index contributed by atoms with van der Waals surface area (Å²) in [6, 6.07) is 19.1. The molecule has 0 saturated heterocycles. The van der Waals surface area contributed by atoms with Gasteiger partial charge in [0, 0.05) is 50.1 Å². The Morgan fingerprint density at radius 3 is 1.55 bits per heavy atom. The maximum atomic E-state index is 11.4. The highest BCUT2D eigenvalue weighted by Crippen LogP contribution is 2.37. The largest absolute Gasteiger partial charge is 0.384 e. The van der Waals surface area contributed by atoms with Gasteiger partial charge in [-0.3, -0.25) is 30.3 Å². The fraction of sp³-hybridized carbons (Fsp3) is 0.310. The van der Waals surface area contributed by atoms with Crippen LogP contribution in [-0.4, -0.2) is 35.2 Å². The summed E-state index contributed by atoms with van der Waals surface area (Å²) >= 11 is 0. The second kappa shape index (κ2) is 13.1. The van der Waals surface area contributed by atoms with E-state index in [1.54, 1.807) is 43.5 Å². The Labute approximate surface area is 232 Å². The van der Waals surface area contributed by atoms with Gasteiger partial charge in [-0.1, -0.05) is 65.5 Å². The van der Waals surface area contributed by atoms with E-state index < -0.39 is 21.5 Å². The molecule has 0 unspecified atom stereocenters. The summed E-state index contributed by atoms with van der Waals surface area (Å²) in [6.07, 6.45) is 5.99. The average molecular weight is 543 g/mol. The van der Waals surface area contributed by atoms with Crippen molar-refractivity contribution in [2.75, 3.05) is 13.7 Å². The number of methoxy groups -OCH3 is 1. The summed E-state index contributed by atoms with van der Waals surface area (Å²) in [7, 11) is 1.65. The number of nitrogens with zero attached hydrogens (tertiary/aromatic N) is 3. The molecule has 0 aromatic heterocycles. The van der Waals surface area contributed by atoms with E-state index in [0.29, 0.717) is 13.0 Å². The van der Waals surface area contributed by atoms with Crippen molar-refractivity contribution in [2.24, 2.45) is 5.92 Å². The van der Waals surface area contributed by atoms with Crippen LogP contribution in [-0.2, 0) is 4.74 Å². The molecule has 3 aromatic rings. The van der Waals surface area contributed by atoms with Gasteiger partial charge in [-0.05, 0) is 42.9 Å². The molecule has 0 radical (unpaired) electrons.